The molecule has 142 valence electrons. The number of carbonyl (C=O) groups is 1. The SMILES string of the molecule is O=C1CN(S(=O)(=O)c2ccc3c(c2)OCCO3)CCN1c1ncc(F)cn1. The zero-order chi connectivity index (χ0) is 19.0. The van der Waals surface area contributed by atoms with Crippen molar-refractivity contribution in [2.75, 3.05) is 37.7 Å². The van der Waals surface area contributed by atoms with Crippen LogP contribution >= 0.6 is 0 Å². The Balaban J connectivity index is 1.54. The minimum atomic E-state index is -3.89. The Morgan fingerprint density at radius 3 is 2.44 bits per heavy atom. The molecule has 0 aliphatic carbocycles. The van der Waals surface area contributed by atoms with E-state index in [1.54, 1.807) is 0 Å². The Labute approximate surface area is 154 Å². The first-order valence-corrected chi connectivity index (χ1v) is 9.57. The number of benzene rings is 1. The predicted octanol–water partition coefficient (Wildman–Crippen LogP) is 0.424. The van der Waals surface area contributed by atoms with Gasteiger partial charge in [0.15, 0.2) is 17.3 Å². The van der Waals surface area contributed by atoms with Crippen LogP contribution in [0.4, 0.5) is 10.3 Å². The van der Waals surface area contributed by atoms with E-state index in [-0.39, 0.29) is 30.5 Å². The smallest absolute Gasteiger partial charge is 0.244 e. The first-order chi connectivity index (χ1) is 12.9. The van der Waals surface area contributed by atoms with Crippen molar-refractivity contribution in [2.24, 2.45) is 0 Å². The van der Waals surface area contributed by atoms with E-state index in [4.69, 9.17) is 9.47 Å². The Hall–Kier alpha value is -2.79. The first kappa shape index (κ1) is 17.6. The molecule has 2 aromatic rings. The van der Waals surface area contributed by atoms with Crippen molar-refractivity contribution in [1.82, 2.24) is 14.3 Å². The second-order valence-corrected chi connectivity index (χ2v) is 7.83. The zero-order valence-corrected chi connectivity index (χ0v) is 14.9. The molecule has 1 amide bonds. The van der Waals surface area contributed by atoms with E-state index in [0.717, 1.165) is 16.7 Å². The van der Waals surface area contributed by atoms with Crippen LogP contribution in [0, 0.1) is 5.82 Å². The van der Waals surface area contributed by atoms with Crippen molar-refractivity contribution in [1.29, 1.82) is 0 Å². The predicted molar refractivity (Wildman–Crippen MR) is 90.5 cm³/mol. The molecule has 0 bridgehead atoms. The fraction of sp³-hybridized carbons (Fsp3) is 0.312. The van der Waals surface area contributed by atoms with Crippen LogP contribution in [0.1, 0.15) is 0 Å². The topological polar surface area (TPSA) is 102 Å². The summed E-state index contributed by atoms with van der Waals surface area (Å²) < 4.78 is 50.6. The molecule has 0 radical (unpaired) electrons. The van der Waals surface area contributed by atoms with Gasteiger partial charge in [-0.15, -0.1) is 0 Å². The second kappa shape index (κ2) is 6.74. The van der Waals surface area contributed by atoms with Crippen LogP contribution in [0.25, 0.3) is 0 Å². The van der Waals surface area contributed by atoms with E-state index in [0.29, 0.717) is 24.7 Å². The van der Waals surface area contributed by atoms with Crippen molar-refractivity contribution >= 4 is 21.9 Å². The lowest BCUT2D eigenvalue weighted by Gasteiger charge is -2.32. The van der Waals surface area contributed by atoms with E-state index in [1.807, 2.05) is 0 Å². The number of amides is 1. The maximum absolute atomic E-state index is 12.9. The summed E-state index contributed by atoms with van der Waals surface area (Å²) in [7, 11) is -3.89. The normalized spacial score (nSPS) is 17.8. The first-order valence-electron chi connectivity index (χ1n) is 8.13. The molecule has 0 unspecified atom stereocenters. The van der Waals surface area contributed by atoms with Crippen LogP contribution in [-0.2, 0) is 14.8 Å². The van der Waals surface area contributed by atoms with Crippen LogP contribution in [-0.4, -0.2) is 61.4 Å². The van der Waals surface area contributed by atoms with Crippen LogP contribution < -0.4 is 14.4 Å². The number of halogens is 1. The average molecular weight is 394 g/mol. The Bertz CT molecular complexity index is 983. The molecule has 0 spiro atoms. The van der Waals surface area contributed by atoms with Crippen LogP contribution in [0.3, 0.4) is 0 Å². The van der Waals surface area contributed by atoms with Gasteiger partial charge in [-0.25, -0.2) is 22.8 Å². The summed E-state index contributed by atoms with van der Waals surface area (Å²) in [6, 6.07) is 4.35. The molecular weight excluding hydrogens is 379 g/mol. The quantitative estimate of drug-likeness (QED) is 0.744. The Kier molecular flexibility index (Phi) is 4.40. The van der Waals surface area contributed by atoms with Gasteiger partial charge in [0, 0.05) is 19.2 Å². The molecule has 1 fully saturated rings. The molecule has 3 heterocycles. The molecule has 27 heavy (non-hydrogen) atoms. The Morgan fingerprint density at radius 2 is 1.74 bits per heavy atom. The van der Waals surface area contributed by atoms with Crippen molar-refractivity contribution in [3.8, 4) is 11.5 Å². The number of aromatic nitrogens is 2. The van der Waals surface area contributed by atoms with Gasteiger partial charge in [-0.2, -0.15) is 4.31 Å². The number of carbonyl (C=O) groups excluding carboxylic acids is 1. The summed E-state index contributed by atoms with van der Waals surface area (Å²) >= 11 is 0. The summed E-state index contributed by atoms with van der Waals surface area (Å²) in [6.45, 7) is 0.501. The van der Waals surface area contributed by atoms with E-state index < -0.39 is 21.7 Å². The fourth-order valence-corrected chi connectivity index (χ4v) is 4.24. The van der Waals surface area contributed by atoms with E-state index in [2.05, 4.69) is 9.97 Å². The maximum Gasteiger partial charge on any atom is 0.244 e. The molecule has 1 saturated heterocycles. The molecular formula is C16H15FN4O5S. The number of piperazine rings is 1. The van der Waals surface area contributed by atoms with Crippen molar-refractivity contribution < 1.29 is 27.1 Å². The molecule has 0 saturated carbocycles. The van der Waals surface area contributed by atoms with Crippen molar-refractivity contribution in [3.63, 3.8) is 0 Å². The summed E-state index contributed by atoms with van der Waals surface area (Å²) in [5.74, 6) is -0.237. The zero-order valence-electron chi connectivity index (χ0n) is 14.0. The molecule has 2 aliphatic heterocycles. The van der Waals surface area contributed by atoms with Crippen molar-refractivity contribution in [2.45, 2.75) is 4.90 Å². The minimum Gasteiger partial charge on any atom is -0.486 e. The van der Waals surface area contributed by atoms with Gasteiger partial charge in [-0.1, -0.05) is 0 Å². The third-order valence-corrected chi connectivity index (χ3v) is 6.03. The van der Waals surface area contributed by atoms with Gasteiger partial charge in [0.05, 0.1) is 23.8 Å². The third kappa shape index (κ3) is 3.30. The highest BCUT2D eigenvalue weighted by atomic mass is 32.2. The lowest BCUT2D eigenvalue weighted by Crippen LogP contribution is -2.52. The van der Waals surface area contributed by atoms with Gasteiger partial charge in [-0.05, 0) is 12.1 Å². The van der Waals surface area contributed by atoms with Gasteiger partial charge < -0.3 is 9.47 Å². The molecule has 4 rings (SSSR count). The van der Waals surface area contributed by atoms with Gasteiger partial charge in [0.2, 0.25) is 21.9 Å². The van der Waals surface area contributed by atoms with Crippen LogP contribution in [0.15, 0.2) is 35.5 Å². The summed E-state index contributed by atoms with van der Waals surface area (Å²) in [6.07, 6.45) is 1.90. The molecule has 9 nitrogen and oxygen atoms in total. The number of anilines is 1. The van der Waals surface area contributed by atoms with E-state index in [1.165, 1.54) is 23.1 Å². The number of ether oxygens (including phenoxy) is 2. The second-order valence-electron chi connectivity index (χ2n) is 5.89. The van der Waals surface area contributed by atoms with Gasteiger partial charge in [0.1, 0.15) is 13.2 Å². The lowest BCUT2D eigenvalue weighted by atomic mass is 10.3. The third-order valence-electron chi connectivity index (χ3n) is 4.19. The number of nitrogens with zero attached hydrogens (tertiary/aromatic N) is 4. The van der Waals surface area contributed by atoms with Gasteiger partial charge in [0.25, 0.3) is 0 Å². The largest absolute Gasteiger partial charge is 0.486 e. The number of sulfonamides is 1. The van der Waals surface area contributed by atoms with Crippen molar-refractivity contribution in [3.05, 3.63) is 36.4 Å². The number of fused-ring (bicyclic) bond motifs is 1. The highest BCUT2D eigenvalue weighted by Gasteiger charge is 2.35. The van der Waals surface area contributed by atoms with Gasteiger partial charge >= 0.3 is 0 Å². The summed E-state index contributed by atoms with van der Waals surface area (Å²) in [5.41, 5.74) is 0. The average Bonchev–Trinajstić information content (AvgIpc) is 2.68. The summed E-state index contributed by atoms with van der Waals surface area (Å²) in [5, 5.41) is 0. The monoisotopic (exact) mass is 394 g/mol. The minimum absolute atomic E-state index is 0.0195. The molecule has 0 N–H and O–H groups in total. The van der Waals surface area contributed by atoms with E-state index in [9.17, 15) is 17.6 Å². The number of hydrogen-bond acceptors (Lipinski definition) is 7. The molecule has 11 heteroatoms. The Morgan fingerprint density at radius 1 is 1.04 bits per heavy atom. The number of rotatable bonds is 3. The molecule has 1 aromatic carbocycles. The molecule has 1 aromatic heterocycles. The maximum atomic E-state index is 12.9. The van der Waals surface area contributed by atoms with Crippen LogP contribution in [0.2, 0.25) is 0 Å². The highest BCUT2D eigenvalue weighted by Crippen LogP contribution is 2.33. The van der Waals surface area contributed by atoms with Gasteiger partial charge in [-0.3, -0.25) is 9.69 Å². The summed E-state index contributed by atoms with van der Waals surface area (Å²) in [4.78, 5) is 21.2. The molecule has 0 atom stereocenters. The molecule has 2 aliphatic rings. The van der Waals surface area contributed by atoms with E-state index >= 15 is 0 Å². The highest BCUT2D eigenvalue weighted by molar-refractivity contribution is 7.89. The number of hydrogen-bond donors (Lipinski definition) is 0. The lowest BCUT2D eigenvalue weighted by molar-refractivity contribution is -0.120. The van der Waals surface area contributed by atoms with Crippen LogP contribution in [0.5, 0.6) is 11.5 Å². The standard InChI is InChI=1S/C16H15FN4O5S/c17-11-8-18-16(19-9-11)21-4-3-20(10-15(21)22)27(23,24)12-1-2-13-14(7-12)26-6-5-25-13/h1-2,7-9H,3-6,10H2. The fourth-order valence-electron chi connectivity index (χ4n) is 2.85.